The minimum absolute atomic E-state index is 0.207. The maximum Gasteiger partial charge on any atom is 0.280 e. The van der Waals surface area contributed by atoms with E-state index in [1.807, 2.05) is 51.1 Å². The van der Waals surface area contributed by atoms with E-state index in [1.54, 1.807) is 0 Å². The molecule has 4 N–H and O–H groups in total. The largest absolute Gasteiger partial charge is 0.329 e. The molecular formula is C18H19N9O. The molecule has 0 radical (unpaired) electrons. The van der Waals surface area contributed by atoms with Crippen LogP contribution in [0.3, 0.4) is 0 Å². The fourth-order valence-electron chi connectivity index (χ4n) is 2.48. The molecule has 0 saturated carbocycles. The van der Waals surface area contributed by atoms with Gasteiger partial charge >= 0.3 is 0 Å². The van der Waals surface area contributed by atoms with Crippen LogP contribution in [-0.4, -0.2) is 34.9 Å². The number of nitrogens with zero attached hydrogens (tertiary/aromatic N) is 5. The third-order valence-corrected chi connectivity index (χ3v) is 3.86. The number of hydrogen-bond donors (Lipinski definition) is 4. The molecule has 28 heavy (non-hydrogen) atoms. The molecule has 10 heteroatoms. The number of anilines is 4. The Balaban J connectivity index is 1.72. The van der Waals surface area contributed by atoms with Crippen LogP contribution in [-0.2, 0) is 5.41 Å². The van der Waals surface area contributed by atoms with Gasteiger partial charge in [0.2, 0.25) is 17.8 Å². The van der Waals surface area contributed by atoms with Crippen LogP contribution in [0.1, 0.15) is 26.6 Å². The van der Waals surface area contributed by atoms with Gasteiger partial charge in [0.25, 0.3) is 5.56 Å². The molecule has 0 unspecified atom stereocenters. The summed E-state index contributed by atoms with van der Waals surface area (Å²) in [7, 11) is 0. The molecule has 10 nitrogen and oxygen atoms in total. The van der Waals surface area contributed by atoms with E-state index in [4.69, 9.17) is 0 Å². The summed E-state index contributed by atoms with van der Waals surface area (Å²) >= 11 is 0. The van der Waals surface area contributed by atoms with Crippen molar-refractivity contribution in [3.8, 4) is 0 Å². The highest BCUT2D eigenvalue weighted by Crippen LogP contribution is 2.22. The quantitative estimate of drug-likeness (QED) is 0.426. The number of aromatic nitrogens is 7. The molecule has 0 aliphatic rings. The number of hydrogen-bond acceptors (Lipinski definition) is 8. The molecule has 0 aliphatic carbocycles. The van der Waals surface area contributed by atoms with Crippen LogP contribution in [0.25, 0.3) is 11.2 Å². The summed E-state index contributed by atoms with van der Waals surface area (Å²) in [5.74, 6) is 1.45. The van der Waals surface area contributed by atoms with Crippen molar-refractivity contribution in [1.82, 2.24) is 34.9 Å². The molecule has 0 amide bonds. The normalized spacial score (nSPS) is 11.5. The van der Waals surface area contributed by atoms with Crippen molar-refractivity contribution in [2.75, 3.05) is 10.6 Å². The van der Waals surface area contributed by atoms with E-state index in [0.29, 0.717) is 17.4 Å². The maximum absolute atomic E-state index is 12.1. The predicted molar refractivity (Wildman–Crippen MR) is 106 cm³/mol. The molecule has 0 spiro atoms. The van der Waals surface area contributed by atoms with Crippen molar-refractivity contribution in [3.05, 3.63) is 52.8 Å². The van der Waals surface area contributed by atoms with Gasteiger partial charge in [0.05, 0.1) is 6.33 Å². The highest BCUT2D eigenvalue weighted by molar-refractivity contribution is 5.70. The van der Waals surface area contributed by atoms with E-state index in [1.165, 1.54) is 6.33 Å². The molecule has 0 saturated heterocycles. The monoisotopic (exact) mass is 377 g/mol. The van der Waals surface area contributed by atoms with Gasteiger partial charge in [0, 0.05) is 11.1 Å². The van der Waals surface area contributed by atoms with Gasteiger partial charge in [-0.2, -0.15) is 19.9 Å². The average molecular weight is 377 g/mol. The van der Waals surface area contributed by atoms with Gasteiger partial charge in [0.15, 0.2) is 11.2 Å². The van der Waals surface area contributed by atoms with Crippen LogP contribution in [0.5, 0.6) is 0 Å². The van der Waals surface area contributed by atoms with E-state index >= 15 is 0 Å². The smallest absolute Gasteiger partial charge is 0.280 e. The number of rotatable bonds is 4. The lowest BCUT2D eigenvalue weighted by molar-refractivity contribution is 0.544. The SMILES string of the molecule is CC(C)(C)c1nc(Nc2ccccc2)nc(Nc2nc3[nH]cnc3c(=O)[nH]2)n1. The number of benzene rings is 1. The first-order chi connectivity index (χ1) is 13.4. The minimum Gasteiger partial charge on any atom is -0.329 e. The summed E-state index contributed by atoms with van der Waals surface area (Å²) in [4.78, 5) is 39.2. The number of nitrogens with one attached hydrogen (secondary N) is 4. The second-order valence-electron chi connectivity index (χ2n) is 7.19. The Morgan fingerprint density at radius 1 is 0.929 bits per heavy atom. The lowest BCUT2D eigenvalue weighted by Crippen LogP contribution is -2.19. The van der Waals surface area contributed by atoms with Gasteiger partial charge < -0.3 is 10.3 Å². The third-order valence-electron chi connectivity index (χ3n) is 3.86. The van der Waals surface area contributed by atoms with Crippen molar-refractivity contribution in [2.24, 2.45) is 0 Å². The Morgan fingerprint density at radius 2 is 1.64 bits per heavy atom. The number of para-hydroxylation sites is 1. The van der Waals surface area contributed by atoms with Gasteiger partial charge in [-0.15, -0.1) is 0 Å². The Labute approximate surface area is 159 Å². The molecule has 0 bridgehead atoms. The van der Waals surface area contributed by atoms with Gasteiger partial charge in [-0.1, -0.05) is 39.0 Å². The van der Waals surface area contributed by atoms with Gasteiger partial charge in [-0.3, -0.25) is 15.1 Å². The lowest BCUT2D eigenvalue weighted by atomic mass is 9.96. The molecular weight excluding hydrogens is 358 g/mol. The maximum atomic E-state index is 12.1. The number of aromatic amines is 2. The topological polar surface area (TPSA) is 137 Å². The predicted octanol–water partition coefficient (Wildman–Crippen LogP) is 2.62. The molecule has 0 fully saturated rings. The van der Waals surface area contributed by atoms with E-state index in [0.717, 1.165) is 5.69 Å². The van der Waals surface area contributed by atoms with Gasteiger partial charge in [-0.05, 0) is 12.1 Å². The molecule has 0 atom stereocenters. The zero-order valence-electron chi connectivity index (χ0n) is 15.6. The second-order valence-corrected chi connectivity index (χ2v) is 7.19. The molecule has 3 aromatic heterocycles. The van der Waals surface area contributed by atoms with Crippen molar-refractivity contribution in [3.63, 3.8) is 0 Å². The Morgan fingerprint density at radius 3 is 2.36 bits per heavy atom. The molecule has 4 aromatic rings. The van der Waals surface area contributed by atoms with Crippen LogP contribution in [0.15, 0.2) is 41.5 Å². The van der Waals surface area contributed by atoms with E-state index in [2.05, 4.69) is 45.5 Å². The summed E-state index contributed by atoms with van der Waals surface area (Å²) < 4.78 is 0. The van der Waals surface area contributed by atoms with Crippen molar-refractivity contribution in [1.29, 1.82) is 0 Å². The first-order valence-corrected chi connectivity index (χ1v) is 8.67. The number of fused-ring (bicyclic) bond motifs is 1. The molecule has 1 aromatic carbocycles. The molecule has 4 rings (SSSR count). The molecule has 3 heterocycles. The molecule has 0 aliphatic heterocycles. The highest BCUT2D eigenvalue weighted by atomic mass is 16.1. The van der Waals surface area contributed by atoms with Crippen LogP contribution in [0, 0.1) is 0 Å². The second kappa shape index (κ2) is 6.72. The van der Waals surface area contributed by atoms with E-state index in [9.17, 15) is 4.79 Å². The Hall–Kier alpha value is -3.82. The van der Waals surface area contributed by atoms with Crippen LogP contribution in [0.2, 0.25) is 0 Å². The van der Waals surface area contributed by atoms with Gasteiger partial charge in [-0.25, -0.2) is 4.98 Å². The average Bonchev–Trinajstić information content (AvgIpc) is 3.11. The number of H-pyrrole nitrogens is 2. The fourth-order valence-corrected chi connectivity index (χ4v) is 2.48. The van der Waals surface area contributed by atoms with Crippen LogP contribution in [0.4, 0.5) is 23.5 Å². The zero-order valence-corrected chi connectivity index (χ0v) is 15.6. The number of imidazole rings is 1. The lowest BCUT2D eigenvalue weighted by Gasteiger charge is -2.18. The van der Waals surface area contributed by atoms with Crippen molar-refractivity contribution >= 4 is 34.7 Å². The Bertz CT molecular complexity index is 1180. The summed E-state index contributed by atoms with van der Waals surface area (Å²) in [5.41, 5.74) is 0.800. The summed E-state index contributed by atoms with van der Waals surface area (Å²) in [6, 6.07) is 9.60. The zero-order chi connectivity index (χ0) is 19.7. The minimum atomic E-state index is -0.360. The van der Waals surface area contributed by atoms with Crippen LogP contribution < -0.4 is 16.2 Å². The summed E-state index contributed by atoms with van der Waals surface area (Å²) in [6.07, 6.45) is 1.42. The van der Waals surface area contributed by atoms with Crippen molar-refractivity contribution < 1.29 is 0 Å². The third kappa shape index (κ3) is 3.65. The summed E-state index contributed by atoms with van der Waals surface area (Å²) in [5, 5.41) is 6.12. The first kappa shape index (κ1) is 17.6. The standard InChI is InChI=1S/C18H19N9O/c1-18(2,3)14-24-15(21-10-7-5-4-6-8-10)26-17(25-14)27-16-22-12-11(13(28)23-16)19-9-20-12/h4-9H,1-3H3,(H4,19,20,21,22,23,24,25,26,27,28). The van der Waals surface area contributed by atoms with E-state index < -0.39 is 0 Å². The van der Waals surface area contributed by atoms with Gasteiger partial charge in [0.1, 0.15) is 5.82 Å². The van der Waals surface area contributed by atoms with Crippen molar-refractivity contribution in [2.45, 2.75) is 26.2 Å². The first-order valence-electron chi connectivity index (χ1n) is 8.67. The Kier molecular flexibility index (Phi) is 4.22. The highest BCUT2D eigenvalue weighted by Gasteiger charge is 2.20. The van der Waals surface area contributed by atoms with Crippen LogP contribution >= 0.6 is 0 Å². The fraction of sp³-hybridized carbons (Fsp3) is 0.222. The summed E-state index contributed by atoms with van der Waals surface area (Å²) in [6.45, 7) is 6.03. The van der Waals surface area contributed by atoms with E-state index in [-0.39, 0.29) is 28.4 Å². The molecule has 142 valence electrons.